The summed E-state index contributed by atoms with van der Waals surface area (Å²) in [6.07, 6.45) is 0.810. The highest BCUT2D eigenvalue weighted by atomic mass is 16.5. The van der Waals surface area contributed by atoms with E-state index in [9.17, 15) is 9.59 Å². The summed E-state index contributed by atoms with van der Waals surface area (Å²) in [7, 11) is 0. The normalized spacial score (nSPS) is 13.3. The van der Waals surface area contributed by atoms with Crippen molar-refractivity contribution in [2.75, 3.05) is 30.3 Å². The Morgan fingerprint density at radius 3 is 2.12 bits per heavy atom. The number of carbonyl (C=O) groups is 2. The first-order valence-corrected chi connectivity index (χ1v) is 11.3. The van der Waals surface area contributed by atoms with Gasteiger partial charge in [-0.25, -0.2) is 0 Å². The maximum atomic E-state index is 13.5. The summed E-state index contributed by atoms with van der Waals surface area (Å²) in [5.41, 5.74) is 9.69. The number of rotatable bonds is 10. The summed E-state index contributed by atoms with van der Waals surface area (Å²) in [5, 5.41) is 6.61. The molecular weight excluding hydrogens is 414 g/mol. The molecule has 6 heteroatoms. The van der Waals surface area contributed by atoms with E-state index in [2.05, 4.69) is 17.6 Å². The summed E-state index contributed by atoms with van der Waals surface area (Å²) >= 11 is 0. The molecule has 1 unspecified atom stereocenters. The lowest BCUT2D eigenvalue weighted by atomic mass is 9.82. The number of ether oxygens (including phenoxy) is 1. The Bertz CT molecular complexity index is 1140. The highest BCUT2D eigenvalue weighted by Gasteiger charge is 2.33. The molecule has 3 aromatic carbocycles. The summed E-state index contributed by atoms with van der Waals surface area (Å²) in [6, 6.07) is 20.7. The summed E-state index contributed by atoms with van der Waals surface area (Å²) in [6.45, 7) is 4.03. The van der Waals surface area contributed by atoms with Crippen LogP contribution < -0.4 is 16.4 Å². The van der Waals surface area contributed by atoms with Crippen LogP contribution in [0.15, 0.2) is 66.7 Å². The van der Waals surface area contributed by atoms with Crippen LogP contribution in [0.1, 0.15) is 50.8 Å². The Kier molecular flexibility index (Phi) is 7.17. The van der Waals surface area contributed by atoms with E-state index in [1.807, 2.05) is 48.5 Å². The van der Waals surface area contributed by atoms with Crippen LogP contribution in [0.4, 0.5) is 11.4 Å². The molecule has 0 radical (unpaired) electrons. The summed E-state index contributed by atoms with van der Waals surface area (Å²) in [5.74, 6) is -0.309. The molecule has 0 saturated carbocycles. The van der Waals surface area contributed by atoms with E-state index in [4.69, 9.17) is 10.5 Å². The maximum absolute atomic E-state index is 13.5. The van der Waals surface area contributed by atoms with Crippen molar-refractivity contribution in [2.45, 2.75) is 26.0 Å². The number of nitrogens with one attached hydrogen (secondary N) is 2. The van der Waals surface area contributed by atoms with Gasteiger partial charge in [0.2, 0.25) is 0 Å². The van der Waals surface area contributed by atoms with Crippen molar-refractivity contribution in [3.05, 3.63) is 94.5 Å². The predicted octanol–water partition coefficient (Wildman–Crippen LogP) is 4.24. The van der Waals surface area contributed by atoms with E-state index in [0.717, 1.165) is 12.0 Å². The monoisotopic (exact) mass is 443 g/mol. The van der Waals surface area contributed by atoms with Gasteiger partial charge in [0.25, 0.3) is 0 Å². The smallest absolute Gasteiger partial charge is 0.196 e. The number of hydrogen-bond acceptors (Lipinski definition) is 6. The van der Waals surface area contributed by atoms with Crippen molar-refractivity contribution in [2.24, 2.45) is 5.73 Å². The van der Waals surface area contributed by atoms with Crippen molar-refractivity contribution in [3.63, 3.8) is 0 Å². The molecule has 170 valence electrons. The Balaban J connectivity index is 1.56. The van der Waals surface area contributed by atoms with Crippen LogP contribution in [-0.2, 0) is 11.3 Å². The number of anilines is 2. The lowest BCUT2D eigenvalue weighted by Crippen LogP contribution is -2.29. The van der Waals surface area contributed by atoms with Crippen LogP contribution in [0.3, 0.4) is 0 Å². The molecule has 0 amide bonds. The molecular formula is C27H29N3O3. The van der Waals surface area contributed by atoms with Crippen LogP contribution in [0, 0.1) is 0 Å². The van der Waals surface area contributed by atoms with Crippen molar-refractivity contribution < 1.29 is 14.3 Å². The zero-order chi connectivity index (χ0) is 23.2. The van der Waals surface area contributed by atoms with E-state index >= 15 is 0 Å². The minimum absolute atomic E-state index is 0.00191. The van der Waals surface area contributed by atoms with Crippen LogP contribution >= 0.6 is 0 Å². The summed E-state index contributed by atoms with van der Waals surface area (Å²) < 4.78 is 5.91. The third-order valence-electron chi connectivity index (χ3n) is 5.82. The van der Waals surface area contributed by atoms with Crippen LogP contribution in [-0.4, -0.2) is 37.3 Å². The number of carbonyl (C=O) groups excluding carboxylic acids is 2. The fraction of sp³-hybridized carbons (Fsp3) is 0.259. The lowest BCUT2D eigenvalue weighted by molar-refractivity contribution is 0.0979. The zero-order valence-electron chi connectivity index (χ0n) is 18.8. The quantitative estimate of drug-likeness (QED) is 0.339. The topological polar surface area (TPSA) is 93.4 Å². The molecule has 1 atom stereocenters. The van der Waals surface area contributed by atoms with Gasteiger partial charge in [-0.15, -0.1) is 0 Å². The van der Waals surface area contributed by atoms with Gasteiger partial charge in [0.05, 0.1) is 24.3 Å². The third-order valence-corrected chi connectivity index (χ3v) is 5.82. The lowest BCUT2D eigenvalue weighted by Gasteiger charge is -2.25. The molecule has 0 spiro atoms. The maximum Gasteiger partial charge on any atom is 0.196 e. The first-order chi connectivity index (χ1) is 16.1. The molecule has 0 aromatic heterocycles. The molecule has 0 saturated heterocycles. The number of fused-ring (bicyclic) bond motifs is 2. The largest absolute Gasteiger partial charge is 0.383 e. The Morgan fingerprint density at radius 1 is 0.848 bits per heavy atom. The van der Waals surface area contributed by atoms with Gasteiger partial charge >= 0.3 is 0 Å². The Morgan fingerprint density at radius 2 is 1.48 bits per heavy atom. The second kappa shape index (κ2) is 10.4. The average Bonchev–Trinajstić information content (AvgIpc) is 2.85. The summed E-state index contributed by atoms with van der Waals surface area (Å²) in [4.78, 5) is 26.9. The minimum Gasteiger partial charge on any atom is -0.383 e. The Labute approximate surface area is 194 Å². The molecule has 3 aromatic rings. The van der Waals surface area contributed by atoms with Crippen LogP contribution in [0.5, 0.6) is 0 Å². The molecule has 0 heterocycles. The second-order valence-electron chi connectivity index (χ2n) is 8.08. The molecule has 4 N–H and O–H groups in total. The van der Waals surface area contributed by atoms with Gasteiger partial charge in [0.1, 0.15) is 0 Å². The van der Waals surface area contributed by atoms with E-state index in [-0.39, 0.29) is 17.6 Å². The first kappa shape index (κ1) is 22.7. The average molecular weight is 444 g/mol. The predicted molar refractivity (Wildman–Crippen MR) is 131 cm³/mol. The van der Waals surface area contributed by atoms with Gasteiger partial charge in [0, 0.05) is 41.6 Å². The molecule has 0 fully saturated rings. The van der Waals surface area contributed by atoms with Crippen LogP contribution in [0.25, 0.3) is 0 Å². The number of benzene rings is 3. The zero-order valence-corrected chi connectivity index (χ0v) is 18.8. The molecule has 1 aliphatic rings. The number of nitrogens with two attached hydrogens (primary N) is 1. The molecule has 6 nitrogen and oxygen atoms in total. The molecule has 33 heavy (non-hydrogen) atoms. The number of hydrogen-bond donors (Lipinski definition) is 3. The standard InChI is InChI=1S/C27H29N3O3/c1-2-19(17-33-16-18-8-4-3-5-9-18)30-23-13-7-11-21-25(23)27(32)20-10-6-12-22(29-15-14-28)24(20)26(21)31/h3-13,19,29-30H,2,14-17,28H2,1H3. The molecule has 0 bridgehead atoms. The van der Waals surface area contributed by atoms with Crippen molar-refractivity contribution in [3.8, 4) is 0 Å². The van der Waals surface area contributed by atoms with Crippen molar-refractivity contribution in [1.29, 1.82) is 0 Å². The van der Waals surface area contributed by atoms with Crippen molar-refractivity contribution in [1.82, 2.24) is 0 Å². The van der Waals surface area contributed by atoms with E-state index in [1.54, 1.807) is 18.2 Å². The van der Waals surface area contributed by atoms with Gasteiger partial charge < -0.3 is 21.1 Å². The van der Waals surface area contributed by atoms with E-state index in [0.29, 0.717) is 59.9 Å². The van der Waals surface area contributed by atoms with E-state index < -0.39 is 0 Å². The van der Waals surface area contributed by atoms with Gasteiger partial charge in [0.15, 0.2) is 11.6 Å². The highest BCUT2D eigenvalue weighted by Crippen LogP contribution is 2.35. The second-order valence-corrected chi connectivity index (χ2v) is 8.08. The highest BCUT2D eigenvalue weighted by molar-refractivity contribution is 6.31. The minimum atomic E-state index is -0.156. The molecule has 4 rings (SSSR count). The van der Waals surface area contributed by atoms with Crippen LogP contribution in [0.2, 0.25) is 0 Å². The number of ketones is 2. The fourth-order valence-electron chi connectivity index (χ4n) is 4.09. The van der Waals surface area contributed by atoms with Gasteiger partial charge in [-0.3, -0.25) is 9.59 Å². The van der Waals surface area contributed by atoms with Gasteiger partial charge in [-0.1, -0.05) is 61.5 Å². The third kappa shape index (κ3) is 4.82. The molecule has 1 aliphatic carbocycles. The van der Waals surface area contributed by atoms with Gasteiger partial charge in [-0.2, -0.15) is 0 Å². The Hall–Kier alpha value is -3.48. The SMILES string of the molecule is CCC(COCc1ccccc1)Nc1cccc2c1C(=O)c1cccc(NCCN)c1C2=O. The van der Waals surface area contributed by atoms with E-state index in [1.165, 1.54) is 0 Å². The first-order valence-electron chi connectivity index (χ1n) is 11.3. The fourth-order valence-corrected chi connectivity index (χ4v) is 4.09. The van der Waals surface area contributed by atoms with Crippen molar-refractivity contribution >= 4 is 22.9 Å². The molecule has 0 aliphatic heterocycles. The van der Waals surface area contributed by atoms with Gasteiger partial charge in [-0.05, 0) is 24.1 Å².